The second-order valence-electron chi connectivity index (χ2n) is 4.38. The Balaban J connectivity index is 1.87. The molecule has 1 heterocycles. The summed E-state index contributed by atoms with van der Waals surface area (Å²) in [6.45, 7) is 0.808. The minimum Gasteiger partial charge on any atom is -0.370 e. The molecule has 1 aliphatic rings. The zero-order valence-electron chi connectivity index (χ0n) is 9.83. The summed E-state index contributed by atoms with van der Waals surface area (Å²) < 4.78 is 0. The molecule has 0 aromatic carbocycles. The Kier molecular flexibility index (Phi) is 3.81. The van der Waals surface area contributed by atoms with Gasteiger partial charge in [0.25, 0.3) is 5.56 Å². The average Bonchev–Trinajstić information content (AvgIpc) is 3.12. The van der Waals surface area contributed by atoms with E-state index in [1.165, 1.54) is 6.07 Å². The molecule has 0 spiro atoms. The van der Waals surface area contributed by atoms with Crippen LogP contribution in [0.4, 0.5) is 5.82 Å². The summed E-state index contributed by atoms with van der Waals surface area (Å²) in [6.07, 6.45) is 10.2. The van der Waals surface area contributed by atoms with Crippen LogP contribution in [-0.2, 0) is 0 Å². The largest absolute Gasteiger partial charge is 0.370 e. The molecule has 0 atom stereocenters. The van der Waals surface area contributed by atoms with Crippen LogP contribution in [0, 0.1) is 12.3 Å². The molecule has 17 heavy (non-hydrogen) atoms. The average molecular weight is 231 g/mol. The van der Waals surface area contributed by atoms with Crippen LogP contribution in [0.15, 0.2) is 10.9 Å². The van der Waals surface area contributed by atoms with E-state index in [0.29, 0.717) is 11.7 Å². The van der Waals surface area contributed by atoms with E-state index >= 15 is 0 Å². The van der Waals surface area contributed by atoms with Crippen LogP contribution in [-0.4, -0.2) is 16.5 Å². The maximum atomic E-state index is 11.4. The normalized spacial score (nSPS) is 14.3. The zero-order valence-corrected chi connectivity index (χ0v) is 9.83. The topological polar surface area (TPSA) is 57.8 Å². The van der Waals surface area contributed by atoms with Gasteiger partial charge in [-0.3, -0.25) is 4.79 Å². The standard InChI is InChI=1S/C13H17N3O/c1-2-3-4-5-8-14-11-9-12(17)16-13(15-11)10-6-7-10/h1,9-10H,3-8H2,(H2,14,15,16,17). The highest BCUT2D eigenvalue weighted by Crippen LogP contribution is 2.37. The van der Waals surface area contributed by atoms with Gasteiger partial charge in [-0.2, -0.15) is 0 Å². The fourth-order valence-electron chi connectivity index (χ4n) is 1.69. The van der Waals surface area contributed by atoms with E-state index in [4.69, 9.17) is 6.42 Å². The number of hydrogen-bond donors (Lipinski definition) is 2. The maximum Gasteiger partial charge on any atom is 0.252 e. The van der Waals surface area contributed by atoms with Crippen molar-refractivity contribution >= 4 is 5.82 Å². The highest BCUT2D eigenvalue weighted by atomic mass is 16.1. The van der Waals surface area contributed by atoms with E-state index in [2.05, 4.69) is 21.2 Å². The number of nitrogens with one attached hydrogen (secondary N) is 2. The van der Waals surface area contributed by atoms with Gasteiger partial charge in [-0.1, -0.05) is 0 Å². The van der Waals surface area contributed by atoms with Crippen molar-refractivity contribution in [2.24, 2.45) is 0 Å². The van der Waals surface area contributed by atoms with Crippen molar-refractivity contribution in [3.05, 3.63) is 22.2 Å². The van der Waals surface area contributed by atoms with Gasteiger partial charge in [0.05, 0.1) is 0 Å². The molecule has 90 valence electrons. The molecule has 4 nitrogen and oxygen atoms in total. The molecular formula is C13H17N3O. The Morgan fingerprint density at radius 3 is 3.06 bits per heavy atom. The Morgan fingerprint density at radius 1 is 1.53 bits per heavy atom. The van der Waals surface area contributed by atoms with E-state index in [0.717, 1.165) is 44.5 Å². The molecule has 0 aliphatic heterocycles. The molecule has 0 radical (unpaired) electrons. The molecule has 1 aromatic rings. The summed E-state index contributed by atoms with van der Waals surface area (Å²) in [7, 11) is 0. The van der Waals surface area contributed by atoms with Crippen LogP contribution in [0.1, 0.15) is 43.8 Å². The quantitative estimate of drug-likeness (QED) is 0.580. The minimum absolute atomic E-state index is 0.0759. The summed E-state index contributed by atoms with van der Waals surface area (Å²) in [5.74, 6) is 4.57. The molecule has 2 N–H and O–H groups in total. The number of aromatic nitrogens is 2. The van der Waals surface area contributed by atoms with Crippen molar-refractivity contribution in [2.45, 2.75) is 38.0 Å². The van der Waals surface area contributed by atoms with Gasteiger partial charge >= 0.3 is 0 Å². The van der Waals surface area contributed by atoms with E-state index in [9.17, 15) is 4.79 Å². The summed E-state index contributed by atoms with van der Waals surface area (Å²) in [5, 5.41) is 3.17. The molecule has 0 amide bonds. The first-order valence-corrected chi connectivity index (χ1v) is 6.08. The van der Waals surface area contributed by atoms with Crippen LogP contribution < -0.4 is 10.9 Å². The Hall–Kier alpha value is -1.76. The molecule has 1 aliphatic carbocycles. The predicted molar refractivity (Wildman–Crippen MR) is 68.0 cm³/mol. The van der Waals surface area contributed by atoms with Crippen molar-refractivity contribution in [3.8, 4) is 12.3 Å². The van der Waals surface area contributed by atoms with Crippen molar-refractivity contribution in [1.29, 1.82) is 0 Å². The molecular weight excluding hydrogens is 214 g/mol. The molecule has 1 aromatic heterocycles. The van der Waals surface area contributed by atoms with Crippen LogP contribution in [0.5, 0.6) is 0 Å². The first-order chi connectivity index (χ1) is 8.29. The molecule has 0 unspecified atom stereocenters. The van der Waals surface area contributed by atoms with E-state index in [-0.39, 0.29) is 5.56 Å². The fourth-order valence-corrected chi connectivity index (χ4v) is 1.69. The lowest BCUT2D eigenvalue weighted by molar-refractivity contribution is 0.784. The van der Waals surface area contributed by atoms with Gasteiger partial charge in [0.1, 0.15) is 11.6 Å². The lowest BCUT2D eigenvalue weighted by atomic mass is 10.2. The smallest absolute Gasteiger partial charge is 0.252 e. The highest BCUT2D eigenvalue weighted by Gasteiger charge is 2.26. The monoisotopic (exact) mass is 231 g/mol. The van der Waals surface area contributed by atoms with E-state index in [1.54, 1.807) is 0 Å². The molecule has 0 saturated heterocycles. The number of aromatic amines is 1. The highest BCUT2D eigenvalue weighted by molar-refractivity contribution is 5.33. The number of terminal acetylenes is 1. The first-order valence-electron chi connectivity index (χ1n) is 6.08. The number of anilines is 1. The third kappa shape index (κ3) is 3.63. The lowest BCUT2D eigenvalue weighted by Gasteiger charge is -2.06. The second-order valence-corrected chi connectivity index (χ2v) is 4.38. The summed E-state index contributed by atoms with van der Waals surface area (Å²) in [5.41, 5.74) is -0.0759. The second kappa shape index (κ2) is 5.53. The van der Waals surface area contributed by atoms with Gasteiger partial charge in [0, 0.05) is 24.9 Å². The molecule has 0 bridgehead atoms. The third-order valence-corrected chi connectivity index (χ3v) is 2.78. The van der Waals surface area contributed by atoms with Gasteiger partial charge in [-0.05, 0) is 25.7 Å². The maximum absolute atomic E-state index is 11.4. The van der Waals surface area contributed by atoms with Gasteiger partial charge in [0.15, 0.2) is 0 Å². The van der Waals surface area contributed by atoms with Crippen molar-refractivity contribution < 1.29 is 0 Å². The molecule has 1 fully saturated rings. The molecule has 2 rings (SSSR count). The number of hydrogen-bond acceptors (Lipinski definition) is 3. The predicted octanol–water partition coefficient (Wildman–Crippen LogP) is 1.86. The lowest BCUT2D eigenvalue weighted by Crippen LogP contribution is -2.13. The number of H-pyrrole nitrogens is 1. The summed E-state index contributed by atoms with van der Waals surface area (Å²) in [6, 6.07) is 1.51. The number of unbranched alkanes of at least 4 members (excludes halogenated alkanes) is 2. The van der Waals surface area contributed by atoms with Gasteiger partial charge < -0.3 is 10.3 Å². The number of nitrogens with zero attached hydrogens (tertiary/aromatic N) is 1. The van der Waals surface area contributed by atoms with Crippen LogP contribution in [0.3, 0.4) is 0 Å². The van der Waals surface area contributed by atoms with Crippen molar-refractivity contribution in [1.82, 2.24) is 9.97 Å². The van der Waals surface area contributed by atoms with Gasteiger partial charge in [-0.15, -0.1) is 12.3 Å². The van der Waals surface area contributed by atoms with E-state index in [1.807, 2.05) is 0 Å². The fraction of sp³-hybridized carbons (Fsp3) is 0.538. The summed E-state index contributed by atoms with van der Waals surface area (Å²) in [4.78, 5) is 18.6. The van der Waals surface area contributed by atoms with E-state index < -0.39 is 0 Å². The first kappa shape index (κ1) is 11.7. The van der Waals surface area contributed by atoms with Crippen molar-refractivity contribution in [3.63, 3.8) is 0 Å². The van der Waals surface area contributed by atoms with Crippen LogP contribution >= 0.6 is 0 Å². The Labute approximate surface area is 101 Å². The van der Waals surface area contributed by atoms with Crippen LogP contribution in [0.25, 0.3) is 0 Å². The number of rotatable bonds is 6. The minimum atomic E-state index is -0.0759. The van der Waals surface area contributed by atoms with Gasteiger partial charge in [0.2, 0.25) is 0 Å². The summed E-state index contributed by atoms with van der Waals surface area (Å²) >= 11 is 0. The Bertz CT molecular complexity index is 468. The third-order valence-electron chi connectivity index (χ3n) is 2.78. The van der Waals surface area contributed by atoms with Crippen LogP contribution in [0.2, 0.25) is 0 Å². The molecule has 1 saturated carbocycles. The van der Waals surface area contributed by atoms with Crippen molar-refractivity contribution in [2.75, 3.05) is 11.9 Å². The van der Waals surface area contributed by atoms with Gasteiger partial charge in [-0.25, -0.2) is 4.98 Å². The zero-order chi connectivity index (χ0) is 12.1. The molecule has 4 heteroatoms. The Morgan fingerprint density at radius 2 is 2.35 bits per heavy atom. The SMILES string of the molecule is C#CCCCCNc1cc(=O)[nH]c(C2CC2)n1.